The van der Waals surface area contributed by atoms with E-state index in [1.807, 2.05) is 12.1 Å². The molecule has 0 heterocycles. The molecule has 0 amide bonds. The molecule has 2 nitrogen and oxygen atoms in total. The van der Waals surface area contributed by atoms with E-state index in [0.717, 1.165) is 22.7 Å². The molecule has 0 spiro atoms. The minimum absolute atomic E-state index is 0.775. The number of rotatable bonds is 3. The summed E-state index contributed by atoms with van der Waals surface area (Å²) in [4.78, 5) is 2.25. The zero-order valence-electron chi connectivity index (χ0n) is 13.0. The molecule has 0 bridgehead atoms. The van der Waals surface area contributed by atoms with E-state index >= 15 is 0 Å². The summed E-state index contributed by atoms with van der Waals surface area (Å²) >= 11 is 0. The van der Waals surface area contributed by atoms with Gasteiger partial charge in [0.25, 0.3) is 0 Å². The maximum Gasteiger partial charge on any atom is 0.0464 e. The molecule has 0 radical (unpaired) electrons. The summed E-state index contributed by atoms with van der Waals surface area (Å²) in [5.41, 5.74) is 12.5. The Morgan fingerprint density at radius 1 is 0.636 bits per heavy atom. The monoisotopic (exact) mass is 288 g/mol. The van der Waals surface area contributed by atoms with Gasteiger partial charge >= 0.3 is 0 Å². The third kappa shape index (κ3) is 2.96. The van der Waals surface area contributed by atoms with E-state index in [2.05, 4.69) is 79.4 Å². The molecule has 2 heteroatoms. The Morgan fingerprint density at radius 3 is 1.59 bits per heavy atom. The Labute approximate surface area is 131 Å². The molecule has 3 aromatic carbocycles. The molecule has 0 fully saturated rings. The first kappa shape index (κ1) is 14.2. The first-order chi connectivity index (χ1) is 10.6. The van der Waals surface area contributed by atoms with Crippen molar-refractivity contribution in [3.63, 3.8) is 0 Å². The van der Waals surface area contributed by atoms with E-state index in [9.17, 15) is 0 Å². The number of hydrogen-bond acceptors (Lipinski definition) is 2. The molecule has 0 aliphatic heterocycles. The first-order valence-electron chi connectivity index (χ1n) is 7.42. The van der Waals surface area contributed by atoms with Crippen LogP contribution in [-0.2, 0) is 0 Å². The standard InChI is InChI=1S/C20H20N2/c1-15-5-3-7-19(13-15)22(18-11-9-17(21)10-12-18)20-8-4-6-16(2)14-20/h3-14H,21H2,1-2H3. The molecule has 0 unspecified atom stereocenters. The van der Waals surface area contributed by atoms with Crippen molar-refractivity contribution in [2.45, 2.75) is 13.8 Å². The molecule has 0 aromatic heterocycles. The average Bonchev–Trinajstić information content (AvgIpc) is 2.50. The topological polar surface area (TPSA) is 29.3 Å². The third-order valence-electron chi connectivity index (χ3n) is 3.67. The minimum Gasteiger partial charge on any atom is -0.399 e. The Kier molecular flexibility index (Phi) is 3.84. The van der Waals surface area contributed by atoms with Gasteiger partial charge in [-0.15, -0.1) is 0 Å². The predicted molar refractivity (Wildman–Crippen MR) is 95.0 cm³/mol. The molecular formula is C20H20N2. The van der Waals surface area contributed by atoms with Crippen LogP contribution < -0.4 is 10.6 Å². The van der Waals surface area contributed by atoms with E-state index < -0.39 is 0 Å². The summed E-state index contributed by atoms with van der Waals surface area (Å²) in [7, 11) is 0. The van der Waals surface area contributed by atoms with Gasteiger partial charge in [-0.1, -0.05) is 24.3 Å². The van der Waals surface area contributed by atoms with Crippen molar-refractivity contribution >= 4 is 22.7 Å². The van der Waals surface area contributed by atoms with E-state index in [4.69, 9.17) is 5.73 Å². The number of anilines is 4. The minimum atomic E-state index is 0.775. The van der Waals surface area contributed by atoms with Crippen molar-refractivity contribution in [1.29, 1.82) is 0 Å². The Balaban J connectivity index is 2.15. The normalized spacial score (nSPS) is 10.5. The smallest absolute Gasteiger partial charge is 0.0464 e. The summed E-state index contributed by atoms with van der Waals surface area (Å²) in [5.74, 6) is 0. The van der Waals surface area contributed by atoms with Crippen LogP contribution in [0.15, 0.2) is 72.8 Å². The Morgan fingerprint density at radius 2 is 1.14 bits per heavy atom. The summed E-state index contributed by atoms with van der Waals surface area (Å²) < 4.78 is 0. The highest BCUT2D eigenvalue weighted by molar-refractivity contribution is 5.77. The molecule has 110 valence electrons. The summed E-state index contributed by atoms with van der Waals surface area (Å²) in [6.45, 7) is 4.22. The molecule has 0 saturated carbocycles. The molecule has 3 aromatic rings. The summed E-state index contributed by atoms with van der Waals surface area (Å²) in [6.07, 6.45) is 0. The number of hydrogen-bond donors (Lipinski definition) is 1. The second-order valence-corrected chi connectivity index (χ2v) is 5.60. The van der Waals surface area contributed by atoms with Crippen LogP contribution in [0.25, 0.3) is 0 Å². The van der Waals surface area contributed by atoms with Gasteiger partial charge in [-0.05, 0) is 73.5 Å². The zero-order chi connectivity index (χ0) is 15.5. The lowest BCUT2D eigenvalue weighted by Crippen LogP contribution is -2.10. The van der Waals surface area contributed by atoms with Crippen LogP contribution in [0.1, 0.15) is 11.1 Å². The highest BCUT2D eigenvalue weighted by Crippen LogP contribution is 2.35. The molecule has 3 rings (SSSR count). The quantitative estimate of drug-likeness (QED) is 0.658. The van der Waals surface area contributed by atoms with Gasteiger partial charge in [-0.25, -0.2) is 0 Å². The Hall–Kier alpha value is -2.74. The summed E-state index contributed by atoms with van der Waals surface area (Å²) in [5, 5.41) is 0. The maximum absolute atomic E-state index is 5.83. The zero-order valence-corrected chi connectivity index (χ0v) is 13.0. The Bertz CT molecular complexity index is 730. The van der Waals surface area contributed by atoms with Gasteiger partial charge < -0.3 is 10.6 Å². The average molecular weight is 288 g/mol. The molecule has 0 atom stereocenters. The molecule has 22 heavy (non-hydrogen) atoms. The van der Waals surface area contributed by atoms with E-state index in [-0.39, 0.29) is 0 Å². The van der Waals surface area contributed by atoms with Gasteiger partial charge in [0, 0.05) is 22.7 Å². The van der Waals surface area contributed by atoms with Gasteiger partial charge in [0.1, 0.15) is 0 Å². The van der Waals surface area contributed by atoms with Gasteiger partial charge in [0.05, 0.1) is 0 Å². The van der Waals surface area contributed by atoms with E-state index in [1.165, 1.54) is 11.1 Å². The largest absolute Gasteiger partial charge is 0.399 e. The second kappa shape index (κ2) is 5.94. The fourth-order valence-electron chi connectivity index (χ4n) is 2.60. The second-order valence-electron chi connectivity index (χ2n) is 5.60. The molecule has 0 aliphatic carbocycles. The number of aryl methyl sites for hydroxylation is 2. The fraction of sp³-hybridized carbons (Fsp3) is 0.100. The number of nitrogen functional groups attached to an aromatic ring is 1. The lowest BCUT2D eigenvalue weighted by atomic mass is 10.1. The van der Waals surface area contributed by atoms with Crippen molar-refractivity contribution in [3.8, 4) is 0 Å². The van der Waals surface area contributed by atoms with Gasteiger partial charge in [-0.3, -0.25) is 0 Å². The summed E-state index contributed by atoms with van der Waals surface area (Å²) in [6, 6.07) is 25.0. The van der Waals surface area contributed by atoms with Crippen molar-refractivity contribution < 1.29 is 0 Å². The number of nitrogens with zero attached hydrogens (tertiary/aromatic N) is 1. The van der Waals surface area contributed by atoms with Gasteiger partial charge in [0.15, 0.2) is 0 Å². The van der Waals surface area contributed by atoms with Gasteiger partial charge in [0.2, 0.25) is 0 Å². The maximum atomic E-state index is 5.83. The van der Waals surface area contributed by atoms with Crippen molar-refractivity contribution in [1.82, 2.24) is 0 Å². The lowest BCUT2D eigenvalue weighted by Gasteiger charge is -2.26. The van der Waals surface area contributed by atoms with Crippen LogP contribution in [0.2, 0.25) is 0 Å². The highest BCUT2D eigenvalue weighted by Gasteiger charge is 2.12. The molecule has 2 N–H and O–H groups in total. The van der Waals surface area contributed by atoms with Crippen molar-refractivity contribution in [3.05, 3.63) is 83.9 Å². The van der Waals surface area contributed by atoms with Crippen LogP contribution in [0.5, 0.6) is 0 Å². The van der Waals surface area contributed by atoms with Crippen molar-refractivity contribution in [2.24, 2.45) is 0 Å². The SMILES string of the molecule is Cc1cccc(N(c2ccc(N)cc2)c2cccc(C)c2)c1. The fourth-order valence-corrected chi connectivity index (χ4v) is 2.60. The number of benzene rings is 3. The van der Waals surface area contributed by atoms with Crippen molar-refractivity contribution in [2.75, 3.05) is 10.6 Å². The number of nitrogens with two attached hydrogens (primary N) is 1. The predicted octanol–water partition coefficient (Wildman–Crippen LogP) is 5.36. The van der Waals surface area contributed by atoms with E-state index in [0.29, 0.717) is 0 Å². The molecule has 0 aliphatic rings. The highest BCUT2D eigenvalue weighted by atomic mass is 15.1. The van der Waals surface area contributed by atoms with Crippen LogP contribution in [-0.4, -0.2) is 0 Å². The van der Waals surface area contributed by atoms with Crippen LogP contribution in [0, 0.1) is 13.8 Å². The third-order valence-corrected chi connectivity index (χ3v) is 3.67. The van der Waals surface area contributed by atoms with Crippen LogP contribution in [0.4, 0.5) is 22.7 Å². The lowest BCUT2D eigenvalue weighted by molar-refractivity contribution is 1.26. The van der Waals surface area contributed by atoms with Gasteiger partial charge in [-0.2, -0.15) is 0 Å². The first-order valence-corrected chi connectivity index (χ1v) is 7.42. The van der Waals surface area contributed by atoms with Crippen LogP contribution in [0.3, 0.4) is 0 Å². The van der Waals surface area contributed by atoms with E-state index in [1.54, 1.807) is 0 Å². The van der Waals surface area contributed by atoms with Crippen LogP contribution >= 0.6 is 0 Å². The molecule has 0 saturated heterocycles. The molecular weight excluding hydrogens is 268 g/mol.